The van der Waals surface area contributed by atoms with Gasteiger partial charge in [0, 0.05) is 17.3 Å². The van der Waals surface area contributed by atoms with Crippen LogP contribution in [0.4, 0.5) is 15.8 Å². The lowest BCUT2D eigenvalue weighted by Gasteiger charge is -2.35. The van der Waals surface area contributed by atoms with Gasteiger partial charge in [-0.2, -0.15) is 0 Å². The van der Waals surface area contributed by atoms with Crippen LogP contribution in [0, 0.1) is 11.7 Å². The molecule has 2 N–H and O–H groups in total. The summed E-state index contributed by atoms with van der Waals surface area (Å²) in [6.07, 6.45) is 1.59. The van der Waals surface area contributed by atoms with Crippen LogP contribution < -0.4 is 10.6 Å². The molecule has 2 aromatic carbocycles. The van der Waals surface area contributed by atoms with Gasteiger partial charge < -0.3 is 10.6 Å². The SMILES string of the molecule is C[C@H](C(=O)Nc1ccc(Cl)cc1F)N1CCC[C@@H](C(=O)Nc2ccccc2)C1. The highest BCUT2D eigenvalue weighted by Crippen LogP contribution is 2.23. The highest BCUT2D eigenvalue weighted by atomic mass is 35.5. The molecule has 0 spiro atoms. The van der Waals surface area contributed by atoms with Gasteiger partial charge in [0.25, 0.3) is 0 Å². The summed E-state index contributed by atoms with van der Waals surface area (Å²) >= 11 is 5.74. The summed E-state index contributed by atoms with van der Waals surface area (Å²) in [6.45, 7) is 2.96. The molecule has 5 nitrogen and oxygen atoms in total. The van der Waals surface area contributed by atoms with E-state index < -0.39 is 11.9 Å². The van der Waals surface area contributed by atoms with Crippen LogP contribution in [0.3, 0.4) is 0 Å². The van der Waals surface area contributed by atoms with Crippen molar-refractivity contribution in [2.24, 2.45) is 5.92 Å². The Labute approximate surface area is 168 Å². The summed E-state index contributed by atoms with van der Waals surface area (Å²) < 4.78 is 13.9. The second-order valence-electron chi connectivity index (χ2n) is 6.98. The first-order valence-corrected chi connectivity index (χ1v) is 9.67. The standard InChI is InChI=1S/C21H23ClFN3O2/c1-14(20(27)25-19-10-9-16(22)12-18(19)23)26-11-5-6-15(13-26)21(28)24-17-7-3-2-4-8-17/h2-4,7-10,12,14-15H,5-6,11,13H2,1H3,(H,24,28)(H,25,27)/t14-,15-/m1/s1. The summed E-state index contributed by atoms with van der Waals surface area (Å²) in [5.41, 5.74) is 0.852. The van der Waals surface area contributed by atoms with E-state index in [2.05, 4.69) is 10.6 Å². The third kappa shape index (κ3) is 5.09. The molecular formula is C21H23ClFN3O2. The Balaban J connectivity index is 1.59. The van der Waals surface area contributed by atoms with Crippen LogP contribution in [0.1, 0.15) is 19.8 Å². The molecule has 1 fully saturated rings. The zero-order valence-electron chi connectivity index (χ0n) is 15.6. The fourth-order valence-corrected chi connectivity index (χ4v) is 3.49. The molecule has 3 rings (SSSR count). The number of carbonyl (C=O) groups is 2. The number of rotatable bonds is 5. The minimum Gasteiger partial charge on any atom is -0.326 e. The number of amides is 2. The van der Waals surface area contributed by atoms with E-state index in [4.69, 9.17) is 11.6 Å². The van der Waals surface area contributed by atoms with Gasteiger partial charge in [0.15, 0.2) is 0 Å². The van der Waals surface area contributed by atoms with Gasteiger partial charge in [0.05, 0.1) is 17.6 Å². The number of piperidine rings is 1. The topological polar surface area (TPSA) is 61.4 Å². The van der Waals surface area contributed by atoms with Crippen molar-refractivity contribution >= 4 is 34.8 Å². The van der Waals surface area contributed by atoms with Crippen molar-refractivity contribution in [2.45, 2.75) is 25.8 Å². The number of carbonyl (C=O) groups excluding carboxylic acids is 2. The summed E-state index contributed by atoms with van der Waals surface area (Å²) in [5.74, 6) is -1.14. The van der Waals surface area contributed by atoms with Crippen LogP contribution >= 0.6 is 11.6 Å². The minimum atomic E-state index is -0.577. The number of likely N-dealkylation sites (tertiary alicyclic amines) is 1. The van der Waals surface area contributed by atoms with E-state index in [-0.39, 0.29) is 28.4 Å². The van der Waals surface area contributed by atoms with Crippen LogP contribution in [0.25, 0.3) is 0 Å². The number of hydrogen-bond donors (Lipinski definition) is 2. The summed E-state index contributed by atoms with van der Waals surface area (Å²) in [7, 11) is 0. The normalized spacial score (nSPS) is 18.3. The fourth-order valence-electron chi connectivity index (χ4n) is 3.33. The molecule has 0 aliphatic carbocycles. The van der Waals surface area contributed by atoms with Gasteiger partial charge in [-0.1, -0.05) is 29.8 Å². The first-order valence-electron chi connectivity index (χ1n) is 9.30. The van der Waals surface area contributed by atoms with Gasteiger partial charge in [-0.3, -0.25) is 14.5 Å². The second kappa shape index (κ2) is 9.17. The average Bonchev–Trinajstić information content (AvgIpc) is 2.70. The van der Waals surface area contributed by atoms with E-state index in [0.29, 0.717) is 13.1 Å². The highest BCUT2D eigenvalue weighted by molar-refractivity contribution is 6.30. The Morgan fingerprint density at radius 3 is 2.64 bits per heavy atom. The molecule has 0 radical (unpaired) electrons. The molecule has 1 heterocycles. The van der Waals surface area contributed by atoms with Crippen molar-refractivity contribution in [2.75, 3.05) is 23.7 Å². The number of nitrogens with zero attached hydrogens (tertiary/aromatic N) is 1. The van der Waals surface area contributed by atoms with E-state index in [1.54, 1.807) is 6.92 Å². The molecule has 2 amide bonds. The molecule has 1 saturated heterocycles. The van der Waals surface area contributed by atoms with Gasteiger partial charge in [-0.25, -0.2) is 4.39 Å². The third-order valence-corrected chi connectivity index (χ3v) is 5.22. The molecule has 1 aliphatic heterocycles. The highest BCUT2D eigenvalue weighted by Gasteiger charge is 2.31. The number of hydrogen-bond acceptors (Lipinski definition) is 3. The van der Waals surface area contributed by atoms with E-state index in [0.717, 1.165) is 24.6 Å². The smallest absolute Gasteiger partial charge is 0.241 e. The number of para-hydroxylation sites is 1. The first kappa shape index (κ1) is 20.3. The number of nitrogens with one attached hydrogen (secondary N) is 2. The van der Waals surface area contributed by atoms with Gasteiger partial charge in [0.2, 0.25) is 11.8 Å². The maximum atomic E-state index is 13.9. The molecular weight excluding hydrogens is 381 g/mol. The fraction of sp³-hybridized carbons (Fsp3) is 0.333. The van der Waals surface area contributed by atoms with Gasteiger partial charge >= 0.3 is 0 Å². The zero-order valence-corrected chi connectivity index (χ0v) is 16.4. The summed E-state index contributed by atoms with van der Waals surface area (Å²) in [4.78, 5) is 27.1. The molecule has 2 atom stereocenters. The maximum Gasteiger partial charge on any atom is 0.241 e. The van der Waals surface area contributed by atoms with E-state index in [1.165, 1.54) is 12.1 Å². The van der Waals surface area contributed by atoms with Crippen molar-refractivity contribution in [1.82, 2.24) is 4.90 Å². The average molecular weight is 404 g/mol. The molecule has 7 heteroatoms. The van der Waals surface area contributed by atoms with Gasteiger partial charge in [-0.15, -0.1) is 0 Å². The van der Waals surface area contributed by atoms with Crippen LogP contribution in [-0.2, 0) is 9.59 Å². The van der Waals surface area contributed by atoms with Crippen molar-refractivity contribution < 1.29 is 14.0 Å². The first-order chi connectivity index (χ1) is 13.4. The molecule has 0 unspecified atom stereocenters. The maximum absolute atomic E-state index is 13.9. The Morgan fingerprint density at radius 1 is 1.18 bits per heavy atom. The number of benzene rings is 2. The number of halogens is 2. The van der Waals surface area contributed by atoms with Crippen LogP contribution in [0.2, 0.25) is 5.02 Å². The monoisotopic (exact) mass is 403 g/mol. The molecule has 2 aromatic rings. The van der Waals surface area contributed by atoms with Crippen LogP contribution in [0.5, 0.6) is 0 Å². The van der Waals surface area contributed by atoms with E-state index >= 15 is 0 Å². The molecule has 0 saturated carbocycles. The zero-order chi connectivity index (χ0) is 20.1. The Kier molecular flexibility index (Phi) is 6.65. The molecule has 0 bridgehead atoms. The van der Waals surface area contributed by atoms with Gasteiger partial charge in [-0.05, 0) is 56.6 Å². The van der Waals surface area contributed by atoms with Gasteiger partial charge in [0.1, 0.15) is 5.82 Å². The largest absolute Gasteiger partial charge is 0.326 e. The Hall–Kier alpha value is -2.44. The summed E-state index contributed by atoms with van der Waals surface area (Å²) in [5, 5.41) is 5.80. The lowest BCUT2D eigenvalue weighted by molar-refractivity contribution is -0.125. The molecule has 28 heavy (non-hydrogen) atoms. The minimum absolute atomic E-state index is 0.0488. The van der Waals surface area contributed by atoms with Crippen LogP contribution in [0.15, 0.2) is 48.5 Å². The van der Waals surface area contributed by atoms with E-state index in [1.807, 2.05) is 35.2 Å². The van der Waals surface area contributed by atoms with Crippen molar-refractivity contribution in [3.63, 3.8) is 0 Å². The quantitative estimate of drug-likeness (QED) is 0.788. The van der Waals surface area contributed by atoms with Crippen molar-refractivity contribution in [3.8, 4) is 0 Å². The molecule has 0 aromatic heterocycles. The Morgan fingerprint density at radius 2 is 1.93 bits per heavy atom. The lowest BCUT2D eigenvalue weighted by Crippen LogP contribution is -2.49. The molecule has 148 valence electrons. The predicted octanol–water partition coefficient (Wildman–Crippen LogP) is 4.16. The summed E-state index contributed by atoms with van der Waals surface area (Å²) in [6, 6.07) is 12.9. The number of anilines is 2. The van der Waals surface area contributed by atoms with Crippen molar-refractivity contribution in [3.05, 3.63) is 59.4 Å². The lowest BCUT2D eigenvalue weighted by atomic mass is 9.95. The second-order valence-corrected chi connectivity index (χ2v) is 7.42. The van der Waals surface area contributed by atoms with Crippen molar-refractivity contribution in [1.29, 1.82) is 0 Å². The Bertz CT molecular complexity index is 847. The third-order valence-electron chi connectivity index (χ3n) is 4.98. The van der Waals surface area contributed by atoms with E-state index in [9.17, 15) is 14.0 Å². The predicted molar refractivity (Wildman–Crippen MR) is 109 cm³/mol. The molecule has 1 aliphatic rings. The van der Waals surface area contributed by atoms with Crippen LogP contribution in [-0.4, -0.2) is 35.8 Å².